The van der Waals surface area contributed by atoms with Crippen molar-refractivity contribution in [2.24, 2.45) is 10.3 Å². The zero-order valence-corrected chi connectivity index (χ0v) is 21.3. The summed E-state index contributed by atoms with van der Waals surface area (Å²) in [7, 11) is 1.55. The van der Waals surface area contributed by atoms with E-state index >= 15 is 4.39 Å². The van der Waals surface area contributed by atoms with Crippen LogP contribution in [-0.4, -0.2) is 18.6 Å². The number of anilines is 1. The van der Waals surface area contributed by atoms with Gasteiger partial charge in [-0.25, -0.2) is 13.8 Å². The SMILES string of the molecule is COc1cncc(C2CN(c3c(F)ccc(C(C)CC=C(c4ccccc4)c4ccccc4)c3F)N=N2)c1. The molecule has 7 heteroatoms. The Morgan fingerprint density at radius 2 is 1.68 bits per heavy atom. The van der Waals surface area contributed by atoms with Crippen molar-refractivity contribution in [1.82, 2.24) is 4.98 Å². The Morgan fingerprint density at radius 1 is 1.00 bits per heavy atom. The summed E-state index contributed by atoms with van der Waals surface area (Å²) in [6.45, 7) is 2.15. The molecule has 0 spiro atoms. The van der Waals surface area contributed by atoms with E-state index in [2.05, 4.69) is 45.7 Å². The first-order chi connectivity index (χ1) is 18.5. The first kappa shape index (κ1) is 25.3. The first-order valence-electron chi connectivity index (χ1n) is 12.5. The van der Waals surface area contributed by atoms with Crippen molar-refractivity contribution in [2.75, 3.05) is 18.7 Å². The standard InChI is InChI=1S/C31H28F2N4O/c1-21(13-14-27(22-9-5-3-6-10-22)23-11-7-4-8-12-23)26-15-16-28(32)31(30(26)33)37-20-29(35-36-37)24-17-25(38-2)19-34-18-24/h3-12,14-19,21,29H,13,20H2,1-2H3. The van der Waals surface area contributed by atoms with Crippen LogP contribution in [0, 0.1) is 11.6 Å². The fourth-order valence-electron chi connectivity index (χ4n) is 4.63. The maximum absolute atomic E-state index is 15.8. The third kappa shape index (κ3) is 5.32. The van der Waals surface area contributed by atoms with Crippen LogP contribution < -0.4 is 9.75 Å². The predicted molar refractivity (Wildman–Crippen MR) is 145 cm³/mol. The highest BCUT2D eigenvalue weighted by molar-refractivity contribution is 5.79. The molecule has 4 aromatic rings. The summed E-state index contributed by atoms with van der Waals surface area (Å²) in [6, 6.07) is 24.4. The lowest BCUT2D eigenvalue weighted by Gasteiger charge is -2.20. The minimum Gasteiger partial charge on any atom is -0.495 e. The second kappa shape index (κ2) is 11.3. The minimum absolute atomic E-state index is 0.188. The quantitative estimate of drug-likeness (QED) is 0.242. The van der Waals surface area contributed by atoms with E-state index in [-0.39, 0.29) is 18.2 Å². The summed E-state index contributed by atoms with van der Waals surface area (Å²) in [4.78, 5) is 4.15. The van der Waals surface area contributed by atoms with Crippen molar-refractivity contribution in [3.8, 4) is 5.75 Å². The van der Waals surface area contributed by atoms with Gasteiger partial charge in [-0.15, -0.1) is 0 Å². The molecule has 5 rings (SSSR count). The summed E-state index contributed by atoms with van der Waals surface area (Å²) in [5.74, 6) is -0.903. The van der Waals surface area contributed by atoms with Gasteiger partial charge in [0, 0.05) is 11.8 Å². The largest absolute Gasteiger partial charge is 0.495 e. The van der Waals surface area contributed by atoms with Gasteiger partial charge in [-0.1, -0.05) is 85.0 Å². The predicted octanol–water partition coefficient (Wildman–Crippen LogP) is 7.92. The Balaban J connectivity index is 1.40. The molecule has 0 saturated heterocycles. The molecular weight excluding hydrogens is 482 g/mol. The van der Waals surface area contributed by atoms with Gasteiger partial charge in [-0.3, -0.25) is 4.98 Å². The summed E-state index contributed by atoms with van der Waals surface area (Å²) in [5, 5.41) is 9.62. The van der Waals surface area contributed by atoms with Gasteiger partial charge in [0.05, 0.1) is 19.9 Å². The molecule has 3 aromatic carbocycles. The van der Waals surface area contributed by atoms with Crippen molar-refractivity contribution < 1.29 is 13.5 Å². The van der Waals surface area contributed by atoms with Crippen molar-refractivity contribution in [1.29, 1.82) is 0 Å². The number of methoxy groups -OCH3 is 1. The summed E-state index contributed by atoms with van der Waals surface area (Å²) in [6.07, 6.45) is 5.94. The molecule has 2 atom stereocenters. The van der Waals surface area contributed by atoms with Crippen LogP contribution in [0.1, 0.15) is 47.6 Å². The van der Waals surface area contributed by atoms with Gasteiger partial charge in [0.1, 0.15) is 17.5 Å². The third-order valence-corrected chi connectivity index (χ3v) is 6.73. The van der Waals surface area contributed by atoms with Crippen molar-refractivity contribution in [2.45, 2.75) is 25.3 Å². The van der Waals surface area contributed by atoms with E-state index < -0.39 is 17.7 Å². The lowest BCUT2D eigenvalue weighted by molar-refractivity contribution is 0.412. The van der Waals surface area contributed by atoms with Gasteiger partial charge >= 0.3 is 0 Å². The molecule has 2 unspecified atom stereocenters. The van der Waals surface area contributed by atoms with Crippen LogP contribution in [0.3, 0.4) is 0 Å². The molecule has 0 aliphatic carbocycles. The average Bonchev–Trinajstić information content (AvgIpc) is 3.44. The van der Waals surface area contributed by atoms with Crippen LogP contribution in [-0.2, 0) is 0 Å². The number of rotatable bonds is 8. The van der Waals surface area contributed by atoms with E-state index in [1.54, 1.807) is 25.6 Å². The molecule has 0 radical (unpaired) electrons. The van der Waals surface area contributed by atoms with E-state index in [0.717, 1.165) is 22.3 Å². The number of aromatic nitrogens is 1. The maximum Gasteiger partial charge on any atom is 0.154 e. The van der Waals surface area contributed by atoms with Crippen molar-refractivity contribution in [3.63, 3.8) is 0 Å². The molecule has 5 nitrogen and oxygen atoms in total. The average molecular weight is 511 g/mol. The van der Waals surface area contributed by atoms with Gasteiger partial charge in [0.2, 0.25) is 0 Å². The van der Waals surface area contributed by atoms with E-state index in [1.165, 1.54) is 17.1 Å². The van der Waals surface area contributed by atoms with E-state index in [9.17, 15) is 4.39 Å². The molecular formula is C31H28F2N4O. The zero-order valence-electron chi connectivity index (χ0n) is 21.3. The van der Waals surface area contributed by atoms with Gasteiger partial charge in [-0.2, -0.15) is 5.11 Å². The maximum atomic E-state index is 15.8. The highest BCUT2D eigenvalue weighted by Gasteiger charge is 2.29. The second-order valence-electron chi connectivity index (χ2n) is 9.25. The Bertz CT molecular complexity index is 1420. The highest BCUT2D eigenvalue weighted by Crippen LogP contribution is 2.37. The minimum atomic E-state index is -0.674. The monoisotopic (exact) mass is 510 g/mol. The summed E-state index contributed by atoms with van der Waals surface area (Å²) >= 11 is 0. The highest BCUT2D eigenvalue weighted by atomic mass is 19.1. The van der Waals surface area contributed by atoms with Crippen LogP contribution in [0.5, 0.6) is 5.75 Å². The Kier molecular flexibility index (Phi) is 7.54. The summed E-state index contributed by atoms with van der Waals surface area (Å²) in [5.41, 5.74) is 4.25. The lowest BCUT2D eigenvalue weighted by atomic mass is 9.91. The van der Waals surface area contributed by atoms with Gasteiger partial charge in [0.25, 0.3) is 0 Å². The third-order valence-electron chi connectivity index (χ3n) is 6.73. The normalized spacial score (nSPS) is 15.4. The molecule has 1 aromatic heterocycles. The molecule has 2 heterocycles. The fourth-order valence-corrected chi connectivity index (χ4v) is 4.63. The molecule has 0 N–H and O–H groups in total. The smallest absolute Gasteiger partial charge is 0.154 e. The van der Waals surface area contributed by atoms with Crippen molar-refractivity contribution in [3.05, 3.63) is 131 Å². The molecule has 0 amide bonds. The molecule has 38 heavy (non-hydrogen) atoms. The Morgan fingerprint density at radius 3 is 2.34 bits per heavy atom. The first-order valence-corrected chi connectivity index (χ1v) is 12.5. The van der Waals surface area contributed by atoms with E-state index in [4.69, 9.17) is 4.74 Å². The Hall–Kier alpha value is -4.39. The zero-order chi connectivity index (χ0) is 26.5. The number of nitrogens with zero attached hydrogens (tertiary/aromatic N) is 4. The topological polar surface area (TPSA) is 50.1 Å². The number of pyridine rings is 1. The molecule has 0 saturated carbocycles. The van der Waals surface area contributed by atoms with Gasteiger partial charge in [0.15, 0.2) is 11.6 Å². The number of ether oxygens (including phenoxy) is 1. The van der Waals surface area contributed by atoms with Crippen LogP contribution in [0.15, 0.2) is 108 Å². The van der Waals surface area contributed by atoms with Crippen LogP contribution in [0.4, 0.5) is 14.5 Å². The van der Waals surface area contributed by atoms with Crippen LogP contribution in [0.25, 0.3) is 5.57 Å². The fraction of sp³-hybridized carbons (Fsp3) is 0.194. The number of allylic oxidation sites excluding steroid dienone is 1. The van der Waals surface area contributed by atoms with Crippen molar-refractivity contribution >= 4 is 11.3 Å². The molecule has 192 valence electrons. The molecule has 0 fully saturated rings. The molecule has 1 aliphatic rings. The molecule has 0 bridgehead atoms. The number of hydrogen-bond acceptors (Lipinski definition) is 5. The van der Waals surface area contributed by atoms with Gasteiger partial charge in [-0.05, 0) is 46.7 Å². The Labute approximate surface area is 221 Å². The van der Waals surface area contributed by atoms with E-state index in [0.29, 0.717) is 17.7 Å². The number of benzene rings is 3. The summed E-state index contributed by atoms with van der Waals surface area (Å²) < 4.78 is 36.0. The van der Waals surface area contributed by atoms with Crippen LogP contribution in [0.2, 0.25) is 0 Å². The van der Waals surface area contributed by atoms with E-state index in [1.807, 2.05) is 43.3 Å². The molecule has 1 aliphatic heterocycles. The number of hydrogen-bond donors (Lipinski definition) is 0. The second-order valence-corrected chi connectivity index (χ2v) is 9.25. The number of halogens is 2. The van der Waals surface area contributed by atoms with Crippen LogP contribution >= 0.6 is 0 Å². The van der Waals surface area contributed by atoms with Gasteiger partial charge < -0.3 is 4.74 Å². The lowest BCUT2D eigenvalue weighted by Crippen LogP contribution is -2.20.